The average Bonchev–Trinajstić information content (AvgIpc) is 2.20. The summed E-state index contributed by atoms with van der Waals surface area (Å²) in [5, 5.41) is 10.3. The molecule has 100 valence electrons. The van der Waals surface area contributed by atoms with Gasteiger partial charge in [-0.15, -0.1) is 0 Å². The van der Waals surface area contributed by atoms with Crippen molar-refractivity contribution in [3.63, 3.8) is 0 Å². The quantitative estimate of drug-likeness (QED) is 0.824. The first-order chi connectivity index (χ1) is 8.22. The summed E-state index contributed by atoms with van der Waals surface area (Å²) in [5.74, 6) is -4.25. The van der Waals surface area contributed by atoms with Crippen molar-refractivity contribution < 1.29 is 31.9 Å². The maximum absolute atomic E-state index is 13.3. The number of carbonyl (C=O) groups is 1. The van der Waals surface area contributed by atoms with Crippen molar-refractivity contribution in [2.24, 2.45) is 0 Å². The molecule has 0 saturated carbocycles. The molecule has 1 aromatic carbocycles. The molecule has 1 aromatic rings. The average molecular weight is 269 g/mol. The molecular weight excluding hydrogens is 261 g/mol. The van der Waals surface area contributed by atoms with Gasteiger partial charge in [0.1, 0.15) is 17.7 Å². The van der Waals surface area contributed by atoms with Crippen LogP contribution in [0.4, 0.5) is 22.0 Å². The van der Waals surface area contributed by atoms with Gasteiger partial charge in [0.25, 0.3) is 0 Å². The van der Waals surface area contributed by atoms with E-state index in [1.807, 2.05) is 0 Å². The minimum absolute atomic E-state index is 0.767. The van der Waals surface area contributed by atoms with Crippen molar-refractivity contribution in [2.75, 3.05) is 6.54 Å². The van der Waals surface area contributed by atoms with Crippen molar-refractivity contribution >= 4 is 5.97 Å². The van der Waals surface area contributed by atoms with E-state index in [4.69, 9.17) is 5.11 Å². The van der Waals surface area contributed by atoms with Crippen LogP contribution in [0, 0.1) is 11.6 Å². The standard InChI is InChI=1S/C10H8F5NO2/c11-5-2-1-3-6(12)7(5)8(9(17)18)16-4-10(13,14)15/h1-3,8,16H,4H2,(H,17,18). The maximum atomic E-state index is 13.3. The first-order valence-corrected chi connectivity index (χ1v) is 4.69. The molecule has 0 fully saturated rings. The number of hydrogen-bond donors (Lipinski definition) is 2. The van der Waals surface area contributed by atoms with Gasteiger partial charge in [-0.3, -0.25) is 10.1 Å². The lowest BCUT2D eigenvalue weighted by Gasteiger charge is -2.17. The molecule has 0 aliphatic heterocycles. The van der Waals surface area contributed by atoms with Gasteiger partial charge in [-0.1, -0.05) is 6.07 Å². The van der Waals surface area contributed by atoms with Crippen LogP contribution in [0.25, 0.3) is 0 Å². The Morgan fingerprint density at radius 3 is 2.17 bits per heavy atom. The first kappa shape index (κ1) is 14.4. The molecule has 0 bridgehead atoms. The van der Waals surface area contributed by atoms with E-state index < -0.39 is 41.9 Å². The van der Waals surface area contributed by atoms with E-state index in [0.717, 1.165) is 18.2 Å². The molecular formula is C10H8F5NO2. The molecule has 1 rings (SSSR count). The zero-order valence-corrected chi connectivity index (χ0v) is 8.76. The molecule has 2 N–H and O–H groups in total. The van der Waals surface area contributed by atoms with Crippen LogP contribution in [0.2, 0.25) is 0 Å². The van der Waals surface area contributed by atoms with Gasteiger partial charge in [0.05, 0.1) is 12.1 Å². The molecule has 1 unspecified atom stereocenters. The van der Waals surface area contributed by atoms with E-state index >= 15 is 0 Å². The number of carboxylic acid groups (broad SMARTS) is 1. The summed E-state index contributed by atoms with van der Waals surface area (Å²) < 4.78 is 62.4. The third kappa shape index (κ3) is 3.66. The minimum Gasteiger partial charge on any atom is -0.480 e. The monoisotopic (exact) mass is 269 g/mol. The van der Waals surface area contributed by atoms with Crippen LogP contribution in [-0.4, -0.2) is 23.8 Å². The van der Waals surface area contributed by atoms with Crippen LogP contribution in [0.5, 0.6) is 0 Å². The highest BCUT2D eigenvalue weighted by Crippen LogP contribution is 2.22. The van der Waals surface area contributed by atoms with Crippen molar-refractivity contribution in [2.45, 2.75) is 12.2 Å². The second-order valence-corrected chi connectivity index (χ2v) is 3.40. The summed E-state index contributed by atoms with van der Waals surface area (Å²) >= 11 is 0. The van der Waals surface area contributed by atoms with Gasteiger partial charge >= 0.3 is 12.1 Å². The molecule has 0 radical (unpaired) electrons. The highest BCUT2D eigenvalue weighted by molar-refractivity contribution is 5.75. The van der Waals surface area contributed by atoms with Crippen LogP contribution in [0.15, 0.2) is 18.2 Å². The zero-order chi connectivity index (χ0) is 13.9. The smallest absolute Gasteiger partial charge is 0.401 e. The van der Waals surface area contributed by atoms with Gasteiger partial charge in [-0.05, 0) is 12.1 Å². The fraction of sp³-hybridized carbons (Fsp3) is 0.300. The number of hydrogen-bond acceptors (Lipinski definition) is 2. The molecule has 0 saturated heterocycles. The Balaban J connectivity index is 3.02. The summed E-state index contributed by atoms with van der Waals surface area (Å²) in [6.07, 6.45) is -4.69. The number of halogens is 5. The summed E-state index contributed by atoms with van der Waals surface area (Å²) in [6.45, 7) is -1.67. The largest absolute Gasteiger partial charge is 0.480 e. The van der Waals surface area contributed by atoms with Gasteiger partial charge in [0.2, 0.25) is 0 Å². The summed E-state index contributed by atoms with van der Waals surface area (Å²) in [5.41, 5.74) is -0.950. The van der Waals surface area contributed by atoms with Gasteiger partial charge in [-0.25, -0.2) is 8.78 Å². The van der Waals surface area contributed by atoms with E-state index in [2.05, 4.69) is 0 Å². The highest BCUT2D eigenvalue weighted by atomic mass is 19.4. The lowest BCUT2D eigenvalue weighted by molar-refractivity contribution is -0.143. The summed E-state index contributed by atoms with van der Waals surface area (Å²) in [4.78, 5) is 10.8. The second kappa shape index (κ2) is 5.30. The Hall–Kier alpha value is -1.70. The predicted octanol–water partition coefficient (Wildman–Crippen LogP) is 2.24. The van der Waals surface area contributed by atoms with Gasteiger partial charge in [0, 0.05) is 0 Å². The molecule has 3 nitrogen and oxygen atoms in total. The molecule has 0 amide bonds. The van der Waals surface area contributed by atoms with Crippen molar-refractivity contribution in [1.82, 2.24) is 5.32 Å². The van der Waals surface area contributed by atoms with Crippen LogP contribution in [0.1, 0.15) is 11.6 Å². The topological polar surface area (TPSA) is 49.3 Å². The molecule has 8 heteroatoms. The zero-order valence-electron chi connectivity index (χ0n) is 8.76. The third-order valence-corrected chi connectivity index (χ3v) is 2.04. The van der Waals surface area contributed by atoms with Crippen molar-refractivity contribution in [3.8, 4) is 0 Å². The molecule has 0 aliphatic rings. The normalized spacial score (nSPS) is 13.4. The predicted molar refractivity (Wildman–Crippen MR) is 50.8 cm³/mol. The lowest BCUT2D eigenvalue weighted by atomic mass is 10.1. The number of benzene rings is 1. The Morgan fingerprint density at radius 1 is 1.28 bits per heavy atom. The molecule has 0 heterocycles. The first-order valence-electron chi connectivity index (χ1n) is 4.69. The van der Waals surface area contributed by atoms with E-state index in [1.54, 1.807) is 5.32 Å². The van der Waals surface area contributed by atoms with Crippen molar-refractivity contribution in [3.05, 3.63) is 35.4 Å². The number of aliphatic carboxylic acids is 1. The third-order valence-electron chi connectivity index (χ3n) is 2.04. The molecule has 0 spiro atoms. The van der Waals surface area contributed by atoms with Gasteiger partial charge < -0.3 is 5.11 Å². The van der Waals surface area contributed by atoms with Crippen molar-refractivity contribution in [1.29, 1.82) is 0 Å². The fourth-order valence-corrected chi connectivity index (χ4v) is 1.32. The summed E-state index contributed by atoms with van der Waals surface area (Å²) in [7, 11) is 0. The van der Waals surface area contributed by atoms with E-state index in [-0.39, 0.29) is 0 Å². The Labute approximate surface area is 98.2 Å². The molecule has 1 atom stereocenters. The number of rotatable bonds is 4. The van der Waals surface area contributed by atoms with E-state index in [0.29, 0.717) is 0 Å². The number of nitrogens with one attached hydrogen (secondary N) is 1. The second-order valence-electron chi connectivity index (χ2n) is 3.40. The summed E-state index contributed by atoms with van der Waals surface area (Å²) in [6, 6.07) is 0.414. The van der Waals surface area contributed by atoms with Crippen LogP contribution in [-0.2, 0) is 4.79 Å². The van der Waals surface area contributed by atoms with Crippen LogP contribution < -0.4 is 5.32 Å². The van der Waals surface area contributed by atoms with E-state index in [9.17, 15) is 26.7 Å². The molecule has 0 aliphatic carbocycles. The Morgan fingerprint density at radius 2 is 1.78 bits per heavy atom. The lowest BCUT2D eigenvalue weighted by Crippen LogP contribution is -2.37. The maximum Gasteiger partial charge on any atom is 0.401 e. The van der Waals surface area contributed by atoms with Crippen LogP contribution >= 0.6 is 0 Å². The SMILES string of the molecule is O=C(O)C(NCC(F)(F)F)c1c(F)cccc1F. The number of alkyl halides is 3. The minimum atomic E-state index is -4.69. The van der Waals surface area contributed by atoms with E-state index in [1.165, 1.54) is 0 Å². The molecule has 0 aromatic heterocycles. The van der Waals surface area contributed by atoms with Gasteiger partial charge in [0.15, 0.2) is 0 Å². The van der Waals surface area contributed by atoms with Gasteiger partial charge in [-0.2, -0.15) is 13.2 Å². The fourth-order valence-electron chi connectivity index (χ4n) is 1.32. The Bertz CT molecular complexity index is 426. The number of carboxylic acids is 1. The molecule has 18 heavy (non-hydrogen) atoms. The Kier molecular flexibility index (Phi) is 4.23. The highest BCUT2D eigenvalue weighted by Gasteiger charge is 2.33. The van der Waals surface area contributed by atoms with Crippen LogP contribution in [0.3, 0.4) is 0 Å².